The number of hydrogen-bond acceptors (Lipinski definition) is 4. The lowest BCUT2D eigenvalue weighted by Gasteiger charge is -2.18. The molecule has 0 saturated carbocycles. The Morgan fingerprint density at radius 1 is 0.679 bits per heavy atom. The van der Waals surface area contributed by atoms with Crippen LogP contribution in [0.3, 0.4) is 0 Å². The van der Waals surface area contributed by atoms with Gasteiger partial charge in [0.2, 0.25) is 0 Å². The van der Waals surface area contributed by atoms with Crippen LogP contribution in [0.25, 0.3) is 10.9 Å². The number of methoxy groups -OCH3 is 2. The number of nitrogens with zero attached hydrogens (tertiary/aromatic N) is 1. The van der Waals surface area contributed by atoms with E-state index in [1.54, 1.807) is 20.4 Å². The molecule has 4 aromatic rings. The van der Waals surface area contributed by atoms with E-state index in [0.29, 0.717) is 0 Å². The molecule has 3 aromatic carbocycles. The van der Waals surface area contributed by atoms with E-state index in [-0.39, 0.29) is 6.92 Å². The number of rotatable bonds is 6. The molecule has 0 spiro atoms. The van der Waals surface area contributed by atoms with Gasteiger partial charge in [-0.05, 0) is 47.3 Å². The molecule has 0 radical (unpaired) electrons. The smallest absolute Gasteiger partial charge is 0.426 e. The molecule has 4 rings (SSSR count). The van der Waals surface area contributed by atoms with E-state index < -0.39 is 0 Å². The topological polar surface area (TPSA) is 40.6 Å². The van der Waals surface area contributed by atoms with Crippen molar-refractivity contribution in [3.05, 3.63) is 85.1 Å². The Balaban J connectivity index is 1.77. The summed E-state index contributed by atoms with van der Waals surface area (Å²) in [6.45, 7) is -0.288. The second-order valence-corrected chi connectivity index (χ2v) is 6.38. The molecular weight excluding hydrogens is 349 g/mol. The van der Waals surface area contributed by atoms with Crippen LogP contribution in [0.2, 0.25) is 0 Å². The Morgan fingerprint density at radius 2 is 1.25 bits per heavy atom. The first-order valence-electron chi connectivity index (χ1n) is 9.07. The fraction of sp³-hybridized carbons (Fsp3) is 0.0870. The van der Waals surface area contributed by atoms with E-state index in [0.717, 1.165) is 39.1 Å². The molecule has 0 aliphatic carbocycles. The van der Waals surface area contributed by atoms with Gasteiger partial charge in [-0.1, -0.05) is 42.5 Å². The van der Waals surface area contributed by atoms with Gasteiger partial charge in [0.05, 0.1) is 14.2 Å². The molecule has 0 unspecified atom stereocenters. The van der Waals surface area contributed by atoms with Crippen LogP contribution in [0.1, 0.15) is 0 Å². The minimum absolute atomic E-state index is 0.288. The Labute approximate surface area is 164 Å². The second-order valence-electron chi connectivity index (χ2n) is 6.38. The van der Waals surface area contributed by atoms with Crippen molar-refractivity contribution < 1.29 is 14.1 Å². The third-order valence-corrected chi connectivity index (χ3v) is 4.68. The van der Waals surface area contributed by atoms with Gasteiger partial charge >= 0.3 is 6.92 Å². The van der Waals surface area contributed by atoms with Crippen molar-refractivity contribution in [2.45, 2.75) is 0 Å². The molecule has 0 aliphatic rings. The summed E-state index contributed by atoms with van der Waals surface area (Å²) in [4.78, 5) is 4.51. The lowest BCUT2D eigenvalue weighted by molar-refractivity contribution is 0.415. The maximum Gasteiger partial charge on any atom is 0.426 e. The van der Waals surface area contributed by atoms with E-state index in [9.17, 15) is 0 Å². The van der Waals surface area contributed by atoms with Crippen molar-refractivity contribution >= 4 is 28.7 Å². The maximum absolute atomic E-state index is 6.50. The third kappa shape index (κ3) is 3.65. The lowest BCUT2D eigenvalue weighted by Crippen LogP contribution is -2.47. The standard InChI is InChI=1S/C23H20BNO3/c1-26-20-12-8-18(9-13-20)24(19-10-14-21(27-2)15-11-19)28-22-7-3-5-17-6-4-16-25-23(17)22/h3-16H,1-2H3. The van der Waals surface area contributed by atoms with Crippen molar-refractivity contribution in [3.8, 4) is 17.2 Å². The molecule has 0 fully saturated rings. The summed E-state index contributed by atoms with van der Waals surface area (Å²) >= 11 is 0. The Kier molecular flexibility index (Phi) is 5.15. The number of ether oxygens (including phenoxy) is 2. The van der Waals surface area contributed by atoms with E-state index in [1.807, 2.05) is 78.9 Å². The SMILES string of the molecule is COc1ccc(B(Oc2cccc3cccnc23)c2ccc(OC)cc2)cc1. The minimum atomic E-state index is -0.288. The minimum Gasteiger partial charge on any atom is -0.550 e. The highest BCUT2D eigenvalue weighted by Gasteiger charge is 2.25. The molecule has 5 heteroatoms. The summed E-state index contributed by atoms with van der Waals surface area (Å²) in [5.41, 5.74) is 2.90. The van der Waals surface area contributed by atoms with Crippen LogP contribution in [0.15, 0.2) is 85.1 Å². The quantitative estimate of drug-likeness (QED) is 0.489. The van der Waals surface area contributed by atoms with Gasteiger partial charge in [-0.3, -0.25) is 4.98 Å². The van der Waals surface area contributed by atoms with E-state index in [2.05, 4.69) is 4.98 Å². The fourth-order valence-electron chi connectivity index (χ4n) is 3.18. The number of pyridine rings is 1. The average molecular weight is 369 g/mol. The van der Waals surface area contributed by atoms with Crippen LogP contribution in [0.5, 0.6) is 17.2 Å². The van der Waals surface area contributed by atoms with Crippen LogP contribution in [-0.2, 0) is 0 Å². The van der Waals surface area contributed by atoms with Crippen molar-refractivity contribution in [2.24, 2.45) is 0 Å². The summed E-state index contributed by atoms with van der Waals surface area (Å²) in [5.74, 6) is 2.36. The van der Waals surface area contributed by atoms with Gasteiger partial charge < -0.3 is 14.1 Å². The zero-order chi connectivity index (χ0) is 19.3. The summed E-state index contributed by atoms with van der Waals surface area (Å²) in [5, 5.41) is 1.04. The highest BCUT2D eigenvalue weighted by molar-refractivity contribution is 6.80. The molecule has 0 aliphatic heterocycles. The van der Waals surface area contributed by atoms with Crippen LogP contribution >= 0.6 is 0 Å². The van der Waals surface area contributed by atoms with Gasteiger partial charge in [-0.25, -0.2) is 0 Å². The van der Waals surface area contributed by atoms with Crippen LogP contribution in [0.4, 0.5) is 0 Å². The summed E-state index contributed by atoms with van der Waals surface area (Å²) < 4.78 is 17.1. The zero-order valence-electron chi connectivity index (χ0n) is 15.8. The van der Waals surface area contributed by atoms with E-state index in [4.69, 9.17) is 14.1 Å². The summed E-state index contributed by atoms with van der Waals surface area (Å²) in [7, 11) is 3.32. The first-order valence-corrected chi connectivity index (χ1v) is 9.07. The highest BCUT2D eigenvalue weighted by Crippen LogP contribution is 2.23. The lowest BCUT2D eigenvalue weighted by atomic mass is 9.55. The molecule has 138 valence electrons. The first kappa shape index (κ1) is 17.9. The third-order valence-electron chi connectivity index (χ3n) is 4.68. The molecule has 4 nitrogen and oxygen atoms in total. The number of para-hydroxylation sites is 1. The molecule has 0 saturated heterocycles. The molecule has 1 heterocycles. The molecule has 28 heavy (non-hydrogen) atoms. The second kappa shape index (κ2) is 8.05. The van der Waals surface area contributed by atoms with Crippen molar-refractivity contribution in [1.82, 2.24) is 4.98 Å². The number of aromatic nitrogens is 1. The van der Waals surface area contributed by atoms with Gasteiger partial charge in [-0.2, -0.15) is 0 Å². The number of fused-ring (bicyclic) bond motifs is 1. The normalized spacial score (nSPS) is 10.5. The largest absolute Gasteiger partial charge is 0.550 e. The van der Waals surface area contributed by atoms with Crippen LogP contribution in [0, 0.1) is 0 Å². The number of hydrogen-bond donors (Lipinski definition) is 0. The van der Waals surface area contributed by atoms with Crippen molar-refractivity contribution in [1.29, 1.82) is 0 Å². The maximum atomic E-state index is 6.50. The van der Waals surface area contributed by atoms with Crippen molar-refractivity contribution in [3.63, 3.8) is 0 Å². The summed E-state index contributed by atoms with van der Waals surface area (Å²) in [6, 6.07) is 25.8. The van der Waals surface area contributed by atoms with Crippen LogP contribution in [-0.4, -0.2) is 26.1 Å². The molecule has 0 atom stereocenters. The fourth-order valence-corrected chi connectivity index (χ4v) is 3.18. The molecule has 0 N–H and O–H groups in total. The van der Waals surface area contributed by atoms with Gasteiger partial charge in [0.15, 0.2) is 0 Å². The van der Waals surface area contributed by atoms with Crippen molar-refractivity contribution in [2.75, 3.05) is 14.2 Å². The Bertz CT molecular complexity index is 1010. The van der Waals surface area contributed by atoms with E-state index >= 15 is 0 Å². The molecule has 0 amide bonds. The summed E-state index contributed by atoms with van der Waals surface area (Å²) in [6.07, 6.45) is 1.78. The zero-order valence-corrected chi connectivity index (χ0v) is 15.8. The highest BCUT2D eigenvalue weighted by atomic mass is 16.5. The predicted octanol–water partition coefficient (Wildman–Crippen LogP) is 3.44. The Morgan fingerprint density at radius 3 is 1.82 bits per heavy atom. The van der Waals surface area contributed by atoms with Gasteiger partial charge in [0.25, 0.3) is 0 Å². The van der Waals surface area contributed by atoms with Gasteiger partial charge in [0.1, 0.15) is 22.8 Å². The molecular formula is C23H20BNO3. The van der Waals surface area contributed by atoms with Crippen LogP contribution < -0.4 is 25.1 Å². The first-order chi connectivity index (χ1) is 13.8. The van der Waals surface area contributed by atoms with Gasteiger partial charge in [0, 0.05) is 11.6 Å². The predicted molar refractivity (Wildman–Crippen MR) is 113 cm³/mol. The monoisotopic (exact) mass is 369 g/mol. The van der Waals surface area contributed by atoms with E-state index in [1.165, 1.54) is 0 Å². The average Bonchev–Trinajstić information content (AvgIpc) is 2.78. The molecule has 0 bridgehead atoms. The number of benzene rings is 3. The molecule has 1 aromatic heterocycles. The Hall–Kier alpha value is -3.47. The van der Waals surface area contributed by atoms with Gasteiger partial charge in [-0.15, -0.1) is 0 Å².